The molecule has 4 rings (SSSR count). The van der Waals surface area contributed by atoms with Crippen LogP contribution in [0.4, 0.5) is 0 Å². The number of rotatable bonds is 10. The van der Waals surface area contributed by atoms with E-state index in [0.717, 1.165) is 56.9 Å². The Morgan fingerprint density at radius 2 is 1.77 bits per heavy atom. The van der Waals surface area contributed by atoms with Gasteiger partial charge in [-0.25, -0.2) is 9.67 Å². The van der Waals surface area contributed by atoms with Gasteiger partial charge in [-0.05, 0) is 76.3 Å². The summed E-state index contributed by atoms with van der Waals surface area (Å²) in [5.41, 5.74) is 2.86. The van der Waals surface area contributed by atoms with Crippen LogP contribution in [-0.4, -0.2) is 95.3 Å². The number of carbonyl (C=O) groups excluding carboxylic acids is 1. The highest BCUT2D eigenvalue weighted by atomic mass is 16.5. The zero-order valence-electron chi connectivity index (χ0n) is 21.0. The van der Waals surface area contributed by atoms with E-state index in [1.807, 2.05) is 35.2 Å². The molecule has 0 spiro atoms. The highest BCUT2D eigenvalue weighted by Crippen LogP contribution is 2.22. The molecule has 1 fully saturated rings. The second kappa shape index (κ2) is 12.0. The van der Waals surface area contributed by atoms with Crippen molar-refractivity contribution in [2.75, 3.05) is 53.9 Å². The first kappa shape index (κ1) is 24.9. The molecule has 0 saturated carbocycles. The molecule has 1 saturated heterocycles. The number of piperidine rings is 1. The molecule has 0 aliphatic carbocycles. The molecular weight excluding hydrogens is 440 g/mol. The van der Waals surface area contributed by atoms with Crippen molar-refractivity contribution in [3.05, 3.63) is 72.3 Å². The van der Waals surface area contributed by atoms with Gasteiger partial charge in [0.2, 0.25) is 0 Å². The van der Waals surface area contributed by atoms with Crippen molar-refractivity contribution >= 4 is 5.91 Å². The molecule has 3 aromatic rings. The Labute approximate surface area is 208 Å². The van der Waals surface area contributed by atoms with E-state index in [9.17, 15) is 4.79 Å². The van der Waals surface area contributed by atoms with Crippen molar-refractivity contribution in [1.29, 1.82) is 0 Å². The number of carbonyl (C=O) groups is 1. The second-order valence-corrected chi connectivity index (χ2v) is 9.40. The predicted molar refractivity (Wildman–Crippen MR) is 137 cm³/mol. The number of ether oxygens (including phenoxy) is 1. The monoisotopic (exact) mass is 476 g/mol. The van der Waals surface area contributed by atoms with Crippen LogP contribution in [0.3, 0.4) is 0 Å². The normalized spacial score (nSPS) is 14.6. The topological polar surface area (TPSA) is 66.7 Å². The minimum Gasteiger partial charge on any atom is -0.492 e. The zero-order valence-corrected chi connectivity index (χ0v) is 21.0. The van der Waals surface area contributed by atoms with Gasteiger partial charge in [0.25, 0.3) is 5.91 Å². The van der Waals surface area contributed by atoms with Gasteiger partial charge in [-0.2, -0.15) is 5.10 Å². The summed E-state index contributed by atoms with van der Waals surface area (Å²) in [4.78, 5) is 23.5. The highest BCUT2D eigenvalue weighted by Gasteiger charge is 2.26. The summed E-state index contributed by atoms with van der Waals surface area (Å²) in [6.07, 6.45) is 6.07. The summed E-state index contributed by atoms with van der Waals surface area (Å²) in [5.74, 6) is 1.08. The molecule has 1 aliphatic heterocycles. The summed E-state index contributed by atoms with van der Waals surface area (Å²) in [6, 6.07) is 16.4. The van der Waals surface area contributed by atoms with Crippen LogP contribution in [0.1, 0.15) is 28.8 Å². The summed E-state index contributed by atoms with van der Waals surface area (Å²) >= 11 is 0. The smallest absolute Gasteiger partial charge is 0.253 e. The Bertz CT molecular complexity index is 1060. The van der Waals surface area contributed by atoms with Gasteiger partial charge in [-0.15, -0.1) is 0 Å². The van der Waals surface area contributed by atoms with Gasteiger partial charge in [0.05, 0.1) is 5.69 Å². The molecule has 8 heteroatoms. The predicted octanol–water partition coefficient (Wildman–Crippen LogP) is 2.99. The van der Waals surface area contributed by atoms with E-state index in [0.29, 0.717) is 18.2 Å². The molecule has 8 nitrogen and oxygen atoms in total. The largest absolute Gasteiger partial charge is 0.492 e. The van der Waals surface area contributed by atoms with E-state index >= 15 is 0 Å². The minimum atomic E-state index is 0.0973. The number of likely N-dealkylation sites (tertiary alicyclic amines) is 1. The summed E-state index contributed by atoms with van der Waals surface area (Å²) in [6.45, 7) is 4.12. The van der Waals surface area contributed by atoms with Gasteiger partial charge >= 0.3 is 0 Å². The Morgan fingerprint density at radius 3 is 2.46 bits per heavy atom. The van der Waals surface area contributed by atoms with Crippen molar-refractivity contribution < 1.29 is 9.53 Å². The van der Waals surface area contributed by atoms with Crippen LogP contribution in [0.15, 0.2) is 61.2 Å². The average molecular weight is 477 g/mol. The maximum Gasteiger partial charge on any atom is 0.253 e. The molecule has 0 N–H and O–H groups in total. The highest BCUT2D eigenvalue weighted by molar-refractivity contribution is 5.94. The van der Waals surface area contributed by atoms with Gasteiger partial charge in [0, 0.05) is 37.8 Å². The molecule has 0 unspecified atom stereocenters. The Kier molecular flexibility index (Phi) is 8.50. The summed E-state index contributed by atoms with van der Waals surface area (Å²) in [7, 11) is 6.31. The lowest BCUT2D eigenvalue weighted by molar-refractivity contribution is 0.0646. The van der Waals surface area contributed by atoms with Gasteiger partial charge in [0.15, 0.2) is 0 Å². The minimum absolute atomic E-state index is 0.0973. The molecule has 0 bridgehead atoms. The molecule has 1 aromatic heterocycles. The first-order valence-corrected chi connectivity index (χ1v) is 12.3. The quantitative estimate of drug-likeness (QED) is 0.448. The number of benzene rings is 2. The fraction of sp³-hybridized carbons (Fsp3) is 0.444. The van der Waals surface area contributed by atoms with E-state index < -0.39 is 0 Å². The van der Waals surface area contributed by atoms with Crippen molar-refractivity contribution in [2.24, 2.45) is 0 Å². The molecule has 1 aliphatic rings. The number of nitrogens with zero attached hydrogens (tertiary/aromatic N) is 6. The lowest BCUT2D eigenvalue weighted by Gasteiger charge is -2.37. The van der Waals surface area contributed by atoms with Crippen LogP contribution in [0.2, 0.25) is 0 Å². The van der Waals surface area contributed by atoms with Gasteiger partial charge < -0.3 is 19.4 Å². The third kappa shape index (κ3) is 6.68. The van der Waals surface area contributed by atoms with E-state index in [-0.39, 0.29) is 5.91 Å². The fourth-order valence-corrected chi connectivity index (χ4v) is 4.46. The van der Waals surface area contributed by atoms with Gasteiger partial charge in [-0.3, -0.25) is 4.79 Å². The molecule has 35 heavy (non-hydrogen) atoms. The van der Waals surface area contributed by atoms with Crippen molar-refractivity contribution in [3.63, 3.8) is 0 Å². The molecule has 2 heterocycles. The maximum absolute atomic E-state index is 13.0. The van der Waals surface area contributed by atoms with Crippen LogP contribution in [0.25, 0.3) is 5.69 Å². The summed E-state index contributed by atoms with van der Waals surface area (Å²) < 4.78 is 7.71. The fourth-order valence-electron chi connectivity index (χ4n) is 4.46. The van der Waals surface area contributed by atoms with Crippen LogP contribution in [-0.2, 0) is 6.42 Å². The number of aromatic nitrogens is 3. The first-order valence-electron chi connectivity index (χ1n) is 12.3. The maximum atomic E-state index is 13.0. The number of hydrogen-bond acceptors (Lipinski definition) is 6. The van der Waals surface area contributed by atoms with Crippen molar-refractivity contribution in [2.45, 2.75) is 25.3 Å². The van der Waals surface area contributed by atoms with Crippen LogP contribution in [0.5, 0.6) is 5.75 Å². The Hall–Kier alpha value is -3.23. The number of amides is 1. The number of hydrogen-bond donors (Lipinski definition) is 0. The van der Waals surface area contributed by atoms with E-state index in [1.165, 1.54) is 11.9 Å². The van der Waals surface area contributed by atoms with Gasteiger partial charge in [-0.1, -0.05) is 18.2 Å². The lowest BCUT2D eigenvalue weighted by Crippen LogP contribution is -2.46. The summed E-state index contributed by atoms with van der Waals surface area (Å²) in [5, 5.41) is 4.13. The SMILES string of the molecule is CN(C)CCOc1ccccc1CCN(C)C1CCN(C(=O)c2ccc(-n3cncn3)cc2)CC1. The molecule has 0 atom stereocenters. The molecule has 186 valence electrons. The third-order valence-electron chi connectivity index (χ3n) is 6.68. The standard InChI is InChI=1S/C27H36N6O2/c1-30(2)18-19-35-26-7-5-4-6-22(26)12-15-31(3)24-13-16-32(17-14-24)27(34)23-8-10-25(11-9-23)33-21-28-20-29-33/h4-11,20-21,24H,12-19H2,1-3H3. The van der Waals surface area contributed by atoms with Gasteiger partial charge in [0.1, 0.15) is 25.0 Å². The lowest BCUT2D eigenvalue weighted by atomic mass is 10.0. The zero-order chi connectivity index (χ0) is 24.6. The average Bonchev–Trinajstić information content (AvgIpc) is 3.43. The van der Waals surface area contributed by atoms with E-state index in [2.05, 4.69) is 59.2 Å². The van der Waals surface area contributed by atoms with Crippen LogP contribution in [0, 0.1) is 0 Å². The Balaban J connectivity index is 1.25. The number of para-hydroxylation sites is 1. The molecule has 0 radical (unpaired) electrons. The number of likely N-dealkylation sites (N-methyl/N-ethyl adjacent to an activating group) is 2. The van der Waals surface area contributed by atoms with Crippen LogP contribution >= 0.6 is 0 Å². The van der Waals surface area contributed by atoms with Crippen LogP contribution < -0.4 is 4.74 Å². The molecule has 2 aromatic carbocycles. The second-order valence-electron chi connectivity index (χ2n) is 9.40. The third-order valence-corrected chi connectivity index (χ3v) is 6.68. The Morgan fingerprint density at radius 1 is 1.03 bits per heavy atom. The molecule has 1 amide bonds. The first-order chi connectivity index (χ1) is 17.0. The van der Waals surface area contributed by atoms with Crippen molar-refractivity contribution in [3.8, 4) is 11.4 Å². The van der Waals surface area contributed by atoms with Crippen molar-refractivity contribution in [1.82, 2.24) is 29.5 Å². The van der Waals surface area contributed by atoms with E-state index in [4.69, 9.17) is 4.74 Å². The molecular formula is C27H36N6O2. The van der Waals surface area contributed by atoms with E-state index in [1.54, 1.807) is 11.0 Å².